The van der Waals surface area contributed by atoms with Gasteiger partial charge in [0.05, 0.1) is 16.6 Å². The molecule has 0 unspecified atom stereocenters. The average Bonchev–Trinajstić information content (AvgIpc) is 3.35. The fourth-order valence-corrected chi connectivity index (χ4v) is 3.78. The number of rotatable bonds is 6. The van der Waals surface area contributed by atoms with Crippen molar-refractivity contribution in [2.75, 3.05) is 10.0 Å². The lowest BCUT2D eigenvalue weighted by molar-refractivity contribution is 0.600. The molecule has 0 aromatic heterocycles. The first-order chi connectivity index (χ1) is 10.6. The number of benzene rings is 2. The molecular weight excluding hydrogens is 296 g/mol. The molecular formula is C17H20N2O2S. The maximum absolute atomic E-state index is 12.1. The molecule has 22 heavy (non-hydrogen) atoms. The third kappa shape index (κ3) is 3.42. The zero-order chi connectivity index (χ0) is 15.6. The Bertz CT molecular complexity index is 740. The number of hydrogen-bond donors (Lipinski definition) is 2. The van der Waals surface area contributed by atoms with E-state index >= 15 is 0 Å². The second kappa shape index (κ2) is 6.01. The Kier molecular flexibility index (Phi) is 4.07. The Morgan fingerprint density at radius 1 is 0.955 bits per heavy atom. The quantitative estimate of drug-likeness (QED) is 0.853. The highest BCUT2D eigenvalue weighted by molar-refractivity contribution is 7.93. The van der Waals surface area contributed by atoms with Gasteiger partial charge in [0, 0.05) is 6.04 Å². The molecule has 0 heterocycles. The first-order valence-electron chi connectivity index (χ1n) is 7.48. The minimum Gasteiger partial charge on any atom is -0.377 e. The van der Waals surface area contributed by atoms with Gasteiger partial charge in [-0.15, -0.1) is 0 Å². The van der Waals surface area contributed by atoms with E-state index in [1.165, 1.54) is 0 Å². The number of nitrogens with one attached hydrogen (secondary N) is 2. The predicted molar refractivity (Wildman–Crippen MR) is 90.5 cm³/mol. The van der Waals surface area contributed by atoms with Crippen LogP contribution in [0.5, 0.6) is 0 Å². The number of sulfonamides is 1. The molecule has 1 aliphatic carbocycles. The summed E-state index contributed by atoms with van der Waals surface area (Å²) in [4.78, 5) is 0. The standard InChI is InChI=1S/C17H20N2O2S/c1-13(14-7-3-2-4-8-14)18-16-9-5-6-10-17(16)19-22(20,21)15-11-12-15/h2-10,13,15,18-19H,11-12H2,1H3/t13-/m0/s1. The fourth-order valence-electron chi connectivity index (χ4n) is 2.37. The zero-order valence-corrected chi connectivity index (χ0v) is 13.3. The van der Waals surface area contributed by atoms with Crippen molar-refractivity contribution in [3.05, 3.63) is 60.2 Å². The van der Waals surface area contributed by atoms with E-state index < -0.39 is 10.0 Å². The van der Waals surface area contributed by atoms with E-state index in [0.29, 0.717) is 5.69 Å². The molecule has 3 rings (SSSR count). The van der Waals surface area contributed by atoms with E-state index in [2.05, 4.69) is 29.1 Å². The Hall–Kier alpha value is -2.01. The summed E-state index contributed by atoms with van der Waals surface area (Å²) in [6, 6.07) is 17.6. The normalized spacial score (nSPS) is 16.0. The van der Waals surface area contributed by atoms with Gasteiger partial charge in [0.15, 0.2) is 0 Å². The molecule has 1 fully saturated rings. The average molecular weight is 316 g/mol. The summed E-state index contributed by atoms with van der Waals surface area (Å²) in [5.74, 6) is 0. The van der Waals surface area contributed by atoms with Gasteiger partial charge < -0.3 is 5.32 Å². The van der Waals surface area contributed by atoms with Crippen LogP contribution in [0, 0.1) is 0 Å². The van der Waals surface area contributed by atoms with Crippen molar-refractivity contribution >= 4 is 21.4 Å². The smallest absolute Gasteiger partial charge is 0.235 e. The first kappa shape index (κ1) is 14.9. The van der Waals surface area contributed by atoms with Gasteiger partial charge in [-0.1, -0.05) is 42.5 Å². The maximum atomic E-state index is 12.1. The molecule has 0 saturated heterocycles. The van der Waals surface area contributed by atoms with Crippen LogP contribution in [-0.2, 0) is 10.0 Å². The molecule has 1 atom stereocenters. The van der Waals surface area contributed by atoms with Crippen molar-refractivity contribution in [1.29, 1.82) is 0 Å². The monoisotopic (exact) mass is 316 g/mol. The van der Waals surface area contributed by atoms with Gasteiger partial charge in [-0.2, -0.15) is 0 Å². The molecule has 0 radical (unpaired) electrons. The van der Waals surface area contributed by atoms with Gasteiger partial charge in [-0.05, 0) is 37.5 Å². The Balaban J connectivity index is 1.79. The summed E-state index contributed by atoms with van der Waals surface area (Å²) in [6.07, 6.45) is 1.51. The van der Waals surface area contributed by atoms with Crippen LogP contribution in [0.2, 0.25) is 0 Å². The molecule has 2 aromatic rings. The van der Waals surface area contributed by atoms with E-state index in [0.717, 1.165) is 24.1 Å². The second-order valence-corrected chi connectivity index (χ2v) is 7.63. The van der Waals surface area contributed by atoms with Crippen LogP contribution in [0.4, 0.5) is 11.4 Å². The molecule has 1 aliphatic rings. The molecule has 116 valence electrons. The predicted octanol–water partition coefficient (Wildman–Crippen LogP) is 3.76. The molecule has 2 N–H and O–H groups in total. The van der Waals surface area contributed by atoms with Crippen LogP contribution < -0.4 is 10.0 Å². The molecule has 5 heteroatoms. The van der Waals surface area contributed by atoms with Gasteiger partial charge >= 0.3 is 0 Å². The highest BCUT2D eigenvalue weighted by Crippen LogP contribution is 2.32. The number of anilines is 2. The van der Waals surface area contributed by atoms with Gasteiger partial charge in [0.25, 0.3) is 0 Å². The minimum absolute atomic E-state index is 0.0905. The molecule has 4 nitrogen and oxygen atoms in total. The van der Waals surface area contributed by atoms with Gasteiger partial charge in [-0.3, -0.25) is 4.72 Å². The Labute approximate surface area is 131 Å². The third-order valence-electron chi connectivity index (χ3n) is 3.81. The zero-order valence-electron chi connectivity index (χ0n) is 12.5. The minimum atomic E-state index is -3.25. The van der Waals surface area contributed by atoms with Crippen LogP contribution in [0.25, 0.3) is 0 Å². The van der Waals surface area contributed by atoms with Crippen molar-refractivity contribution in [3.63, 3.8) is 0 Å². The maximum Gasteiger partial charge on any atom is 0.235 e. The topological polar surface area (TPSA) is 58.2 Å². The lowest BCUT2D eigenvalue weighted by Gasteiger charge is -2.19. The Morgan fingerprint density at radius 3 is 2.18 bits per heavy atom. The van der Waals surface area contributed by atoms with Crippen LogP contribution in [0.1, 0.15) is 31.4 Å². The van der Waals surface area contributed by atoms with Crippen molar-refractivity contribution in [2.24, 2.45) is 0 Å². The Morgan fingerprint density at radius 2 is 1.55 bits per heavy atom. The fraction of sp³-hybridized carbons (Fsp3) is 0.294. The van der Waals surface area contributed by atoms with E-state index in [1.54, 1.807) is 6.07 Å². The van der Waals surface area contributed by atoms with Crippen LogP contribution in [0.15, 0.2) is 54.6 Å². The van der Waals surface area contributed by atoms with Gasteiger partial charge in [0.1, 0.15) is 0 Å². The van der Waals surface area contributed by atoms with Crippen molar-refractivity contribution < 1.29 is 8.42 Å². The largest absolute Gasteiger partial charge is 0.377 e. The molecule has 2 aromatic carbocycles. The highest BCUT2D eigenvalue weighted by Gasteiger charge is 2.36. The summed E-state index contributed by atoms with van der Waals surface area (Å²) in [5.41, 5.74) is 2.56. The number of para-hydroxylation sites is 2. The molecule has 1 saturated carbocycles. The summed E-state index contributed by atoms with van der Waals surface area (Å²) in [5, 5.41) is 3.15. The lowest BCUT2D eigenvalue weighted by atomic mass is 10.1. The van der Waals surface area contributed by atoms with Crippen molar-refractivity contribution in [3.8, 4) is 0 Å². The van der Waals surface area contributed by atoms with Crippen molar-refractivity contribution in [1.82, 2.24) is 0 Å². The summed E-state index contributed by atoms with van der Waals surface area (Å²) < 4.78 is 27.0. The summed E-state index contributed by atoms with van der Waals surface area (Å²) >= 11 is 0. The third-order valence-corrected chi connectivity index (χ3v) is 5.67. The van der Waals surface area contributed by atoms with E-state index in [-0.39, 0.29) is 11.3 Å². The van der Waals surface area contributed by atoms with Crippen molar-refractivity contribution in [2.45, 2.75) is 31.1 Å². The van der Waals surface area contributed by atoms with E-state index in [1.807, 2.05) is 36.4 Å². The van der Waals surface area contributed by atoms with Crippen LogP contribution in [0.3, 0.4) is 0 Å². The van der Waals surface area contributed by atoms with Crippen LogP contribution in [-0.4, -0.2) is 13.7 Å². The van der Waals surface area contributed by atoms with Gasteiger partial charge in [0.2, 0.25) is 10.0 Å². The number of hydrogen-bond acceptors (Lipinski definition) is 3. The molecule has 0 amide bonds. The highest BCUT2D eigenvalue weighted by atomic mass is 32.2. The van der Waals surface area contributed by atoms with Crippen LogP contribution >= 0.6 is 0 Å². The second-order valence-electron chi connectivity index (χ2n) is 5.67. The lowest BCUT2D eigenvalue weighted by Crippen LogP contribution is -2.18. The summed E-state index contributed by atoms with van der Waals surface area (Å²) in [7, 11) is -3.25. The van der Waals surface area contributed by atoms with E-state index in [9.17, 15) is 8.42 Å². The first-order valence-corrected chi connectivity index (χ1v) is 9.03. The molecule has 0 bridgehead atoms. The molecule has 0 aliphatic heterocycles. The van der Waals surface area contributed by atoms with E-state index in [4.69, 9.17) is 0 Å². The molecule has 0 spiro atoms. The summed E-state index contributed by atoms with van der Waals surface area (Å²) in [6.45, 7) is 2.06. The SMILES string of the molecule is C[C@H](Nc1ccccc1NS(=O)(=O)C1CC1)c1ccccc1. The van der Waals surface area contributed by atoms with Gasteiger partial charge in [-0.25, -0.2) is 8.42 Å².